The summed E-state index contributed by atoms with van der Waals surface area (Å²) in [6.07, 6.45) is 0.114. The van der Waals surface area contributed by atoms with Crippen molar-refractivity contribution in [1.82, 2.24) is 9.79 Å². The Hall–Kier alpha value is -1.60. The Labute approximate surface area is 114 Å². The summed E-state index contributed by atoms with van der Waals surface area (Å²) in [4.78, 5) is 23.1. The molecule has 0 unspecified atom stereocenters. The fraction of sp³-hybridized carbons (Fsp3) is 0.200. The van der Waals surface area contributed by atoms with Crippen LogP contribution in [-0.4, -0.2) is 30.6 Å². The Morgan fingerprint density at radius 1 is 1.44 bits per heavy atom. The van der Waals surface area contributed by atoms with Gasteiger partial charge in [0.2, 0.25) is 0 Å². The standard InChI is InChI=1S/C6H5Cl.C2H5NO2S.C2H3NO2/c7-6-4-2-1-3-5-6;1-6-3-2(4)5;1-3-2(4)5-3/h1-5H;3H,1H3,(H,4,5);1H3/p-1. The van der Waals surface area contributed by atoms with Crippen LogP contribution in [0.25, 0.3) is 0 Å². The molecule has 1 N–H and O–H groups in total. The van der Waals surface area contributed by atoms with E-state index in [2.05, 4.69) is 4.84 Å². The second-order valence-corrected chi connectivity index (χ2v) is 3.79. The number of carbonyl (C=O) groups is 2. The van der Waals surface area contributed by atoms with Crippen LogP contribution in [0, 0.1) is 0 Å². The van der Waals surface area contributed by atoms with Crippen molar-refractivity contribution in [3.63, 3.8) is 0 Å². The molecule has 0 aliphatic carbocycles. The smallest absolute Gasteiger partial charge is 0.467 e. The Morgan fingerprint density at radius 3 is 2.00 bits per heavy atom. The van der Waals surface area contributed by atoms with E-state index in [1.807, 2.05) is 35.1 Å². The first kappa shape index (κ1) is 16.4. The summed E-state index contributed by atoms with van der Waals surface area (Å²) in [5, 5.41) is 11.3. The van der Waals surface area contributed by atoms with Gasteiger partial charge in [0.05, 0.1) is 7.05 Å². The van der Waals surface area contributed by atoms with E-state index >= 15 is 0 Å². The number of nitrogens with one attached hydrogen (secondary N) is 1. The molecule has 6 nitrogen and oxygen atoms in total. The van der Waals surface area contributed by atoms with E-state index in [9.17, 15) is 14.7 Å². The normalized spacial score (nSPS) is 11.1. The van der Waals surface area contributed by atoms with Crippen LogP contribution in [0.2, 0.25) is 5.02 Å². The lowest BCUT2D eigenvalue weighted by molar-refractivity contribution is -0.247. The molecule has 8 heteroatoms. The highest BCUT2D eigenvalue weighted by molar-refractivity contribution is 7.97. The van der Waals surface area contributed by atoms with Crippen LogP contribution < -0.4 is 9.83 Å². The lowest BCUT2D eigenvalue weighted by Gasteiger charge is -1.97. The fourth-order valence-electron chi connectivity index (χ4n) is 0.595. The van der Waals surface area contributed by atoms with E-state index in [4.69, 9.17) is 11.6 Å². The zero-order valence-electron chi connectivity index (χ0n) is 9.75. The van der Waals surface area contributed by atoms with Crippen LogP contribution in [0.3, 0.4) is 0 Å². The number of nitrogens with zero attached hydrogens (tertiary/aromatic N) is 1. The number of hydrogen-bond acceptors (Lipinski definition) is 5. The molecule has 1 fully saturated rings. The minimum Gasteiger partial charge on any atom is -0.529 e. The van der Waals surface area contributed by atoms with Crippen molar-refractivity contribution in [1.29, 1.82) is 0 Å². The summed E-state index contributed by atoms with van der Waals surface area (Å²) in [6, 6.07) is 9.44. The lowest BCUT2D eigenvalue weighted by Crippen LogP contribution is -2.31. The third-order valence-corrected chi connectivity index (χ3v) is 1.98. The maximum atomic E-state index is 9.59. The van der Waals surface area contributed by atoms with Gasteiger partial charge < -0.3 is 19.5 Å². The van der Waals surface area contributed by atoms with Crippen molar-refractivity contribution in [2.24, 2.45) is 0 Å². The minimum atomic E-state index is -1.25. The maximum Gasteiger partial charge on any atom is 0.467 e. The minimum absolute atomic E-state index is 0.245. The van der Waals surface area contributed by atoms with Gasteiger partial charge in [-0.1, -0.05) is 41.7 Å². The Morgan fingerprint density at radius 2 is 1.89 bits per heavy atom. The molecule has 1 aliphatic heterocycles. The monoisotopic (exact) mass is 291 g/mol. The molecule has 0 bridgehead atoms. The Bertz CT molecular complexity index is 377. The fourth-order valence-corrected chi connectivity index (χ4v) is 0.907. The van der Waals surface area contributed by atoms with Crippen molar-refractivity contribution in [2.75, 3.05) is 13.3 Å². The Balaban J connectivity index is 0.000000244. The van der Waals surface area contributed by atoms with E-state index in [0.717, 1.165) is 22.0 Å². The average Bonchev–Trinajstić information content (AvgIpc) is 2.94. The number of benzene rings is 1. The van der Waals surface area contributed by atoms with E-state index in [1.54, 1.807) is 13.3 Å². The molecule has 0 aromatic heterocycles. The topological polar surface area (TPSA) is 84.8 Å². The summed E-state index contributed by atoms with van der Waals surface area (Å²) in [7, 11) is 1.56. The molecule has 1 saturated heterocycles. The first-order valence-corrected chi connectivity index (χ1v) is 6.23. The highest BCUT2D eigenvalue weighted by atomic mass is 35.5. The van der Waals surface area contributed by atoms with Gasteiger partial charge in [-0.3, -0.25) is 0 Å². The second-order valence-electron chi connectivity index (χ2n) is 2.74. The number of carboxylic acid groups (broad SMARTS) is 1. The zero-order valence-corrected chi connectivity index (χ0v) is 11.3. The van der Waals surface area contributed by atoms with Crippen molar-refractivity contribution in [2.45, 2.75) is 0 Å². The average molecular weight is 292 g/mol. The summed E-state index contributed by atoms with van der Waals surface area (Å²) in [5.74, 6) is 0. The molecule has 100 valence electrons. The van der Waals surface area contributed by atoms with Crippen molar-refractivity contribution in [3.05, 3.63) is 35.4 Å². The second kappa shape index (κ2) is 9.43. The summed E-state index contributed by atoms with van der Waals surface area (Å²) in [6.45, 7) is 0. The molecule has 0 saturated carbocycles. The molecule has 1 aromatic carbocycles. The molecule has 1 aliphatic rings. The van der Waals surface area contributed by atoms with E-state index in [-0.39, 0.29) is 6.09 Å². The number of amides is 2. The molecule has 1 aromatic rings. The van der Waals surface area contributed by atoms with Crippen LogP contribution >= 0.6 is 23.5 Å². The van der Waals surface area contributed by atoms with Gasteiger partial charge in [0, 0.05) is 11.3 Å². The van der Waals surface area contributed by atoms with E-state index in [0.29, 0.717) is 0 Å². The van der Waals surface area contributed by atoms with Gasteiger partial charge in [0.15, 0.2) is 0 Å². The van der Waals surface area contributed by atoms with Crippen LogP contribution in [0.15, 0.2) is 30.3 Å². The molecular formula is C10H12ClN2O4S-. The molecule has 18 heavy (non-hydrogen) atoms. The first-order valence-electron chi connectivity index (χ1n) is 4.63. The number of hydroxylamine groups is 2. The number of rotatable bonds is 1. The molecular weight excluding hydrogens is 280 g/mol. The van der Waals surface area contributed by atoms with Crippen molar-refractivity contribution < 1.29 is 19.5 Å². The predicted molar refractivity (Wildman–Crippen MR) is 67.7 cm³/mol. The zero-order chi connectivity index (χ0) is 14.0. The largest absolute Gasteiger partial charge is 0.529 e. The van der Waals surface area contributed by atoms with Gasteiger partial charge in [-0.05, 0) is 12.1 Å². The SMILES string of the molecule is CN1OC1=O.CSNC(=O)[O-].Clc1ccccc1. The summed E-state index contributed by atoms with van der Waals surface area (Å²) in [5.41, 5.74) is 0. The molecule has 2 amide bonds. The lowest BCUT2D eigenvalue weighted by atomic mass is 10.4. The molecule has 2 rings (SSSR count). The molecule has 1 heterocycles. The third-order valence-electron chi connectivity index (χ3n) is 1.36. The number of hydrogen-bond donors (Lipinski definition) is 1. The third kappa shape index (κ3) is 10.9. The summed E-state index contributed by atoms with van der Waals surface area (Å²) >= 11 is 6.54. The number of halogens is 1. The van der Waals surface area contributed by atoms with Gasteiger partial charge in [-0.25, -0.2) is 4.79 Å². The number of carbonyl (C=O) groups excluding carboxylic acids is 2. The van der Waals surface area contributed by atoms with Gasteiger partial charge in [-0.15, -0.1) is 5.06 Å². The van der Waals surface area contributed by atoms with Crippen LogP contribution in [0.5, 0.6) is 0 Å². The first-order chi connectivity index (χ1) is 8.47. The van der Waals surface area contributed by atoms with E-state index in [1.165, 1.54) is 0 Å². The van der Waals surface area contributed by atoms with Gasteiger partial charge in [0.25, 0.3) is 0 Å². The summed E-state index contributed by atoms with van der Waals surface area (Å²) < 4.78 is 1.93. The highest BCUT2D eigenvalue weighted by Gasteiger charge is 2.28. The maximum absolute atomic E-state index is 9.59. The van der Waals surface area contributed by atoms with Crippen LogP contribution in [0.4, 0.5) is 9.59 Å². The van der Waals surface area contributed by atoms with Crippen LogP contribution in [-0.2, 0) is 4.84 Å². The van der Waals surface area contributed by atoms with Crippen molar-refractivity contribution in [3.8, 4) is 0 Å². The van der Waals surface area contributed by atoms with Crippen LogP contribution in [0.1, 0.15) is 0 Å². The van der Waals surface area contributed by atoms with E-state index < -0.39 is 6.09 Å². The molecule has 0 radical (unpaired) electrons. The molecule has 0 spiro atoms. The van der Waals surface area contributed by atoms with Gasteiger partial charge in [0.1, 0.15) is 6.09 Å². The Kier molecular flexibility index (Phi) is 8.59. The van der Waals surface area contributed by atoms with Crippen molar-refractivity contribution >= 4 is 35.7 Å². The predicted octanol–water partition coefficient (Wildman–Crippen LogP) is 1.52. The quantitative estimate of drug-likeness (QED) is 0.626. The highest BCUT2D eigenvalue weighted by Crippen LogP contribution is 2.04. The molecule has 0 atom stereocenters. The van der Waals surface area contributed by atoms with Gasteiger partial charge in [-0.2, -0.15) is 0 Å². The van der Waals surface area contributed by atoms with Gasteiger partial charge >= 0.3 is 6.09 Å².